The first-order valence-corrected chi connectivity index (χ1v) is 7.11. The van der Waals surface area contributed by atoms with Crippen molar-refractivity contribution in [2.45, 2.75) is 37.1 Å². The first-order chi connectivity index (χ1) is 8.19. The van der Waals surface area contributed by atoms with E-state index in [1.165, 1.54) is 0 Å². The second-order valence-corrected chi connectivity index (χ2v) is 4.79. The van der Waals surface area contributed by atoms with Gasteiger partial charge in [0.15, 0.2) is 0 Å². The van der Waals surface area contributed by atoms with E-state index in [0.29, 0.717) is 0 Å². The fourth-order valence-corrected chi connectivity index (χ4v) is 2.08. The van der Waals surface area contributed by atoms with E-state index >= 15 is 0 Å². The van der Waals surface area contributed by atoms with E-state index in [2.05, 4.69) is 12.2 Å². The standard InChI is InChI=1S/C13H20N2OS/c1-3-4-7-10(14)13(16)15-11-8-5-6-9-12(11)17-2/h5-6,8-10H,3-4,7,14H2,1-2H3,(H,15,16)/t10-/m0/s1. The van der Waals surface area contributed by atoms with Crippen molar-refractivity contribution in [3.8, 4) is 0 Å². The Balaban J connectivity index is 2.61. The fraction of sp³-hybridized carbons (Fsp3) is 0.462. The topological polar surface area (TPSA) is 55.1 Å². The highest BCUT2D eigenvalue weighted by Gasteiger charge is 2.13. The second-order valence-electron chi connectivity index (χ2n) is 3.94. The normalized spacial score (nSPS) is 12.2. The molecule has 0 aromatic heterocycles. The smallest absolute Gasteiger partial charge is 0.241 e. The van der Waals surface area contributed by atoms with Crippen LogP contribution >= 0.6 is 11.8 Å². The van der Waals surface area contributed by atoms with Gasteiger partial charge in [0.25, 0.3) is 0 Å². The first-order valence-electron chi connectivity index (χ1n) is 5.88. The summed E-state index contributed by atoms with van der Waals surface area (Å²) in [7, 11) is 0. The zero-order valence-electron chi connectivity index (χ0n) is 10.4. The maximum absolute atomic E-state index is 11.8. The molecule has 3 N–H and O–H groups in total. The Hall–Kier alpha value is -1.00. The van der Waals surface area contributed by atoms with Gasteiger partial charge in [-0.25, -0.2) is 0 Å². The molecule has 0 radical (unpaired) electrons. The van der Waals surface area contributed by atoms with Crippen molar-refractivity contribution in [2.75, 3.05) is 11.6 Å². The number of nitrogens with two attached hydrogens (primary N) is 1. The van der Waals surface area contributed by atoms with Gasteiger partial charge in [-0.2, -0.15) is 0 Å². The Labute approximate surface area is 107 Å². The van der Waals surface area contributed by atoms with E-state index < -0.39 is 6.04 Å². The van der Waals surface area contributed by atoms with Gasteiger partial charge in [0, 0.05) is 4.90 Å². The molecule has 1 aromatic carbocycles. The highest BCUT2D eigenvalue weighted by atomic mass is 32.2. The number of unbranched alkanes of at least 4 members (excludes halogenated alkanes) is 1. The van der Waals surface area contributed by atoms with Gasteiger partial charge in [-0.1, -0.05) is 31.9 Å². The number of hydrogen-bond acceptors (Lipinski definition) is 3. The lowest BCUT2D eigenvalue weighted by Crippen LogP contribution is -2.35. The van der Waals surface area contributed by atoms with Crippen LogP contribution in [0.3, 0.4) is 0 Å². The highest BCUT2D eigenvalue weighted by molar-refractivity contribution is 7.98. The van der Waals surface area contributed by atoms with E-state index in [0.717, 1.165) is 29.8 Å². The SMILES string of the molecule is CCCC[C@H](N)C(=O)Nc1ccccc1SC. The van der Waals surface area contributed by atoms with Crippen LogP contribution in [-0.2, 0) is 4.79 Å². The Morgan fingerprint density at radius 1 is 1.47 bits per heavy atom. The molecule has 0 unspecified atom stereocenters. The van der Waals surface area contributed by atoms with Crippen molar-refractivity contribution in [2.24, 2.45) is 5.73 Å². The molecule has 0 heterocycles. The number of benzene rings is 1. The lowest BCUT2D eigenvalue weighted by Gasteiger charge is -2.13. The predicted molar refractivity (Wildman–Crippen MR) is 74.4 cm³/mol. The number of hydrogen-bond donors (Lipinski definition) is 2. The number of thioether (sulfide) groups is 1. The van der Waals surface area contributed by atoms with Crippen LogP contribution in [0.5, 0.6) is 0 Å². The molecular weight excluding hydrogens is 232 g/mol. The Bertz CT molecular complexity index is 368. The molecule has 0 aliphatic carbocycles. The molecule has 0 saturated heterocycles. The lowest BCUT2D eigenvalue weighted by molar-refractivity contribution is -0.117. The minimum absolute atomic E-state index is 0.0973. The minimum atomic E-state index is -0.412. The van der Waals surface area contributed by atoms with Crippen LogP contribution in [0.4, 0.5) is 5.69 Å². The molecule has 1 amide bonds. The van der Waals surface area contributed by atoms with Crippen molar-refractivity contribution < 1.29 is 4.79 Å². The summed E-state index contributed by atoms with van der Waals surface area (Å²) in [6.07, 6.45) is 4.77. The lowest BCUT2D eigenvalue weighted by atomic mass is 10.1. The number of amides is 1. The Morgan fingerprint density at radius 3 is 2.82 bits per heavy atom. The Morgan fingerprint density at radius 2 is 2.18 bits per heavy atom. The largest absolute Gasteiger partial charge is 0.324 e. The van der Waals surface area contributed by atoms with Gasteiger partial charge < -0.3 is 11.1 Å². The van der Waals surface area contributed by atoms with Gasteiger partial charge in [0.05, 0.1) is 11.7 Å². The molecule has 4 heteroatoms. The fourth-order valence-electron chi connectivity index (χ4n) is 1.53. The van der Waals surface area contributed by atoms with E-state index in [1.54, 1.807) is 11.8 Å². The minimum Gasteiger partial charge on any atom is -0.324 e. The summed E-state index contributed by atoms with van der Waals surface area (Å²) in [6, 6.07) is 7.34. The van der Waals surface area contributed by atoms with Gasteiger partial charge in [-0.3, -0.25) is 4.79 Å². The molecule has 0 spiro atoms. The van der Waals surface area contributed by atoms with Crippen molar-refractivity contribution in [3.63, 3.8) is 0 Å². The number of carbonyl (C=O) groups is 1. The summed E-state index contributed by atoms with van der Waals surface area (Å²) >= 11 is 1.61. The number of para-hydroxylation sites is 1. The van der Waals surface area contributed by atoms with Gasteiger partial charge in [0.1, 0.15) is 0 Å². The van der Waals surface area contributed by atoms with Crippen LogP contribution in [0.1, 0.15) is 26.2 Å². The summed E-state index contributed by atoms with van der Waals surface area (Å²) in [6.45, 7) is 2.09. The van der Waals surface area contributed by atoms with E-state index in [9.17, 15) is 4.79 Å². The summed E-state index contributed by atoms with van der Waals surface area (Å²) in [4.78, 5) is 12.9. The molecule has 0 saturated carbocycles. The maximum atomic E-state index is 11.8. The number of nitrogens with one attached hydrogen (secondary N) is 1. The molecule has 94 valence electrons. The average Bonchev–Trinajstić information content (AvgIpc) is 2.36. The van der Waals surface area contributed by atoms with Crippen molar-refractivity contribution >= 4 is 23.4 Å². The van der Waals surface area contributed by atoms with Crippen LogP contribution in [0, 0.1) is 0 Å². The van der Waals surface area contributed by atoms with Crippen LogP contribution in [0.15, 0.2) is 29.2 Å². The zero-order chi connectivity index (χ0) is 12.7. The van der Waals surface area contributed by atoms with Crippen LogP contribution < -0.4 is 11.1 Å². The maximum Gasteiger partial charge on any atom is 0.241 e. The van der Waals surface area contributed by atoms with Gasteiger partial charge in [-0.15, -0.1) is 11.8 Å². The highest BCUT2D eigenvalue weighted by Crippen LogP contribution is 2.24. The predicted octanol–water partition coefficient (Wildman–Crippen LogP) is 2.86. The molecule has 1 aromatic rings. The van der Waals surface area contributed by atoms with Gasteiger partial charge >= 0.3 is 0 Å². The average molecular weight is 252 g/mol. The molecule has 0 bridgehead atoms. The summed E-state index contributed by atoms with van der Waals surface area (Å²) < 4.78 is 0. The van der Waals surface area contributed by atoms with Crippen LogP contribution in [0.2, 0.25) is 0 Å². The van der Waals surface area contributed by atoms with Crippen molar-refractivity contribution in [3.05, 3.63) is 24.3 Å². The molecule has 3 nitrogen and oxygen atoms in total. The third-order valence-electron chi connectivity index (χ3n) is 2.57. The van der Waals surface area contributed by atoms with Gasteiger partial charge in [0.2, 0.25) is 5.91 Å². The van der Waals surface area contributed by atoms with Crippen LogP contribution in [0.25, 0.3) is 0 Å². The monoisotopic (exact) mass is 252 g/mol. The van der Waals surface area contributed by atoms with E-state index in [-0.39, 0.29) is 5.91 Å². The number of anilines is 1. The number of carbonyl (C=O) groups excluding carboxylic acids is 1. The van der Waals surface area contributed by atoms with Gasteiger partial charge in [-0.05, 0) is 24.8 Å². The summed E-state index contributed by atoms with van der Waals surface area (Å²) in [5.74, 6) is -0.0973. The molecule has 1 atom stereocenters. The first kappa shape index (κ1) is 14.1. The summed E-state index contributed by atoms with van der Waals surface area (Å²) in [5, 5.41) is 2.89. The van der Waals surface area contributed by atoms with Crippen LogP contribution in [-0.4, -0.2) is 18.2 Å². The third-order valence-corrected chi connectivity index (χ3v) is 3.37. The second kappa shape index (κ2) is 7.35. The van der Waals surface area contributed by atoms with E-state index in [1.807, 2.05) is 30.5 Å². The van der Waals surface area contributed by atoms with Crippen molar-refractivity contribution in [1.29, 1.82) is 0 Å². The molecule has 0 fully saturated rings. The molecule has 0 aliphatic heterocycles. The molecule has 17 heavy (non-hydrogen) atoms. The number of rotatable bonds is 6. The quantitative estimate of drug-likeness (QED) is 0.765. The molecule has 1 rings (SSSR count). The molecule has 0 aliphatic rings. The van der Waals surface area contributed by atoms with Crippen molar-refractivity contribution in [1.82, 2.24) is 0 Å². The Kier molecular flexibility index (Phi) is 6.08. The zero-order valence-corrected chi connectivity index (χ0v) is 11.2. The summed E-state index contributed by atoms with van der Waals surface area (Å²) in [5.41, 5.74) is 6.67. The molecular formula is C13H20N2OS. The van der Waals surface area contributed by atoms with E-state index in [4.69, 9.17) is 5.73 Å². The third kappa shape index (κ3) is 4.40.